The van der Waals surface area contributed by atoms with E-state index in [0.29, 0.717) is 23.9 Å². The first-order valence-corrected chi connectivity index (χ1v) is 37.8. The van der Waals surface area contributed by atoms with Gasteiger partial charge >= 0.3 is 11.9 Å². The molecule has 0 rings (SSSR count). The van der Waals surface area contributed by atoms with Crippen molar-refractivity contribution in [3.63, 3.8) is 0 Å². The summed E-state index contributed by atoms with van der Waals surface area (Å²) in [6, 6.07) is 0. The largest absolute Gasteiger partial charge is 0.545 e. The Labute approximate surface area is 540 Å². The number of carboxylic acids is 1. The van der Waals surface area contributed by atoms with Crippen LogP contribution >= 0.6 is 0 Å². The molecule has 0 bridgehead atoms. The second-order valence-corrected chi connectivity index (χ2v) is 26.9. The third kappa shape index (κ3) is 70.6. The number of hydrogen-bond donors (Lipinski definition) is 0. The Morgan fingerprint density at radius 2 is 0.655 bits per heavy atom. The maximum atomic E-state index is 12.9. The Balaban J connectivity index is 3.99. The zero-order valence-electron chi connectivity index (χ0n) is 58.4. The third-order valence-corrected chi connectivity index (χ3v) is 17.1. The van der Waals surface area contributed by atoms with E-state index in [-0.39, 0.29) is 32.2 Å². The van der Waals surface area contributed by atoms with Gasteiger partial charge in [-0.1, -0.05) is 358 Å². The summed E-state index contributed by atoms with van der Waals surface area (Å²) < 4.78 is 22.8. The SMILES string of the molecule is CC/C=C\C/C=C\C/C=C\C/C=C\CCCCCCCCCCCCCCCCC(=O)OC(COC(=O)CCCCCCCCCCCCCCCCCCCCCCCCCCCCCCCCCCCCC)COC(OCC[N+](C)(C)C)C(=O)[O-]. The van der Waals surface area contributed by atoms with Crippen LogP contribution in [0.25, 0.3) is 0 Å². The van der Waals surface area contributed by atoms with Crippen molar-refractivity contribution in [2.75, 3.05) is 47.5 Å². The number of likely N-dealkylation sites (N-methyl/N-ethyl adjacent to an activating group) is 1. The fourth-order valence-electron chi connectivity index (χ4n) is 11.4. The van der Waals surface area contributed by atoms with Crippen molar-refractivity contribution in [1.82, 2.24) is 0 Å². The molecule has 0 aromatic rings. The van der Waals surface area contributed by atoms with Gasteiger partial charge in [0.15, 0.2) is 12.4 Å². The molecule has 0 amide bonds. The lowest BCUT2D eigenvalue weighted by Gasteiger charge is -2.26. The van der Waals surface area contributed by atoms with Gasteiger partial charge in [-0.3, -0.25) is 9.59 Å². The highest BCUT2D eigenvalue weighted by atomic mass is 16.7. The summed E-state index contributed by atoms with van der Waals surface area (Å²) in [6.07, 6.45) is 86.5. The van der Waals surface area contributed by atoms with E-state index < -0.39 is 24.3 Å². The molecule has 0 N–H and O–H groups in total. The van der Waals surface area contributed by atoms with Gasteiger partial charge in [-0.15, -0.1) is 0 Å². The van der Waals surface area contributed by atoms with Gasteiger partial charge < -0.3 is 33.3 Å². The molecule has 2 atom stereocenters. The number of hydrogen-bond acceptors (Lipinski definition) is 8. The van der Waals surface area contributed by atoms with Crippen LogP contribution in [-0.2, 0) is 33.3 Å². The van der Waals surface area contributed by atoms with E-state index in [2.05, 4.69) is 62.5 Å². The van der Waals surface area contributed by atoms with Gasteiger partial charge in [-0.05, 0) is 51.4 Å². The van der Waals surface area contributed by atoms with Gasteiger partial charge in [0.05, 0.1) is 40.3 Å². The van der Waals surface area contributed by atoms with Gasteiger partial charge in [0.25, 0.3) is 0 Å². The van der Waals surface area contributed by atoms with Crippen LogP contribution in [0.2, 0.25) is 0 Å². The Hall–Kier alpha value is -2.75. The molecule has 0 aromatic carbocycles. The summed E-state index contributed by atoms with van der Waals surface area (Å²) in [5.74, 6) is -2.26. The van der Waals surface area contributed by atoms with Crippen molar-refractivity contribution >= 4 is 17.9 Å². The van der Waals surface area contributed by atoms with E-state index in [1.54, 1.807) is 0 Å². The number of rotatable bonds is 71. The Morgan fingerprint density at radius 3 is 0.977 bits per heavy atom. The number of nitrogens with zero attached hydrogens (tertiary/aromatic N) is 1. The van der Waals surface area contributed by atoms with Crippen LogP contribution in [0.3, 0.4) is 0 Å². The molecule has 0 aliphatic rings. The number of quaternary nitrogens is 1. The lowest BCUT2D eigenvalue weighted by atomic mass is 10.0. The highest BCUT2D eigenvalue weighted by Gasteiger charge is 2.22. The highest BCUT2D eigenvalue weighted by molar-refractivity contribution is 5.70. The number of carboxylic acid groups (broad SMARTS) is 1. The second kappa shape index (κ2) is 69.1. The summed E-state index contributed by atoms with van der Waals surface area (Å²) in [6.45, 7) is 4.70. The van der Waals surface area contributed by atoms with Crippen LogP contribution in [-0.4, -0.2) is 82.3 Å². The maximum absolute atomic E-state index is 12.9. The van der Waals surface area contributed by atoms with Crippen LogP contribution < -0.4 is 5.11 Å². The molecule has 0 heterocycles. The molecule has 0 saturated carbocycles. The van der Waals surface area contributed by atoms with Gasteiger partial charge in [0.2, 0.25) is 0 Å². The minimum absolute atomic E-state index is 0.149. The number of ether oxygens (including phenoxy) is 4. The van der Waals surface area contributed by atoms with Crippen molar-refractivity contribution in [3.05, 3.63) is 48.6 Å². The smallest absolute Gasteiger partial charge is 0.306 e. The summed E-state index contributed by atoms with van der Waals surface area (Å²) in [7, 11) is 5.94. The van der Waals surface area contributed by atoms with Gasteiger partial charge in [0, 0.05) is 12.8 Å². The first-order valence-electron chi connectivity index (χ1n) is 37.8. The van der Waals surface area contributed by atoms with Crippen LogP contribution in [0.15, 0.2) is 48.6 Å². The number of aliphatic carboxylic acids is 1. The van der Waals surface area contributed by atoms with Gasteiger partial charge in [-0.2, -0.15) is 0 Å². The van der Waals surface area contributed by atoms with Crippen molar-refractivity contribution in [3.8, 4) is 0 Å². The molecule has 0 spiro atoms. The van der Waals surface area contributed by atoms with E-state index in [0.717, 1.165) is 57.8 Å². The summed E-state index contributed by atoms with van der Waals surface area (Å²) in [5, 5.41) is 11.8. The van der Waals surface area contributed by atoms with Crippen molar-refractivity contribution in [2.24, 2.45) is 0 Å². The summed E-state index contributed by atoms with van der Waals surface area (Å²) in [5.41, 5.74) is 0. The van der Waals surface area contributed by atoms with E-state index in [9.17, 15) is 19.5 Å². The highest BCUT2D eigenvalue weighted by Crippen LogP contribution is 2.19. The molecule has 0 saturated heterocycles. The molecule has 0 aliphatic heterocycles. The van der Waals surface area contributed by atoms with Crippen LogP contribution in [0, 0.1) is 0 Å². The van der Waals surface area contributed by atoms with Gasteiger partial charge in [0.1, 0.15) is 13.2 Å². The third-order valence-electron chi connectivity index (χ3n) is 17.1. The van der Waals surface area contributed by atoms with Crippen molar-refractivity contribution in [2.45, 2.75) is 386 Å². The topological polar surface area (TPSA) is 111 Å². The summed E-state index contributed by atoms with van der Waals surface area (Å²) >= 11 is 0. The summed E-state index contributed by atoms with van der Waals surface area (Å²) in [4.78, 5) is 37.5. The first kappa shape index (κ1) is 84.2. The van der Waals surface area contributed by atoms with E-state index in [4.69, 9.17) is 18.9 Å². The van der Waals surface area contributed by atoms with Gasteiger partial charge in [-0.25, -0.2) is 0 Å². The molecule has 0 fully saturated rings. The predicted molar refractivity (Wildman–Crippen MR) is 371 cm³/mol. The lowest BCUT2D eigenvalue weighted by Crippen LogP contribution is -2.44. The number of unbranched alkanes of at least 4 members (excludes halogenated alkanes) is 48. The predicted octanol–water partition coefficient (Wildman–Crippen LogP) is 22.4. The average molecular weight is 1230 g/mol. The van der Waals surface area contributed by atoms with E-state index in [1.807, 2.05) is 21.1 Å². The first-order chi connectivity index (χ1) is 42.6. The van der Waals surface area contributed by atoms with Crippen molar-refractivity contribution in [1.29, 1.82) is 0 Å². The Bertz CT molecular complexity index is 1570. The van der Waals surface area contributed by atoms with E-state index in [1.165, 1.54) is 283 Å². The zero-order chi connectivity index (χ0) is 63.3. The Morgan fingerprint density at radius 1 is 0.356 bits per heavy atom. The molecular formula is C78H145NO8. The second-order valence-electron chi connectivity index (χ2n) is 26.9. The Kier molecular flexibility index (Phi) is 67.0. The zero-order valence-corrected chi connectivity index (χ0v) is 58.4. The molecular weight excluding hydrogens is 1080 g/mol. The monoisotopic (exact) mass is 1220 g/mol. The van der Waals surface area contributed by atoms with Crippen LogP contribution in [0.4, 0.5) is 0 Å². The van der Waals surface area contributed by atoms with Crippen LogP contribution in [0.5, 0.6) is 0 Å². The minimum atomic E-state index is -1.62. The fraction of sp³-hybridized carbons (Fsp3) is 0.859. The quantitative estimate of drug-likeness (QED) is 0.0195. The molecule has 2 unspecified atom stereocenters. The molecule has 87 heavy (non-hydrogen) atoms. The standard InChI is InChI=1S/C78H145NO8/c1-6-8-10-12-14-16-18-20-22-24-26-28-30-32-34-35-36-37-38-39-40-41-43-44-46-48-50-52-54-56-58-60-62-64-66-68-75(80)85-72-74(73-86-78(77(82)83)84-71-70-79(3,4)5)87-76(81)69-67-65-63-61-59-57-55-53-51-49-47-45-42-33-31-29-27-25-23-21-19-17-15-13-11-9-7-2/h9,11,15,17,21,23,27,29,74,78H,6-8,10,12-14,16,18-20,22,24-26,28,30-73H2,1-5H3/b11-9-,17-15-,23-21-,29-27-. The minimum Gasteiger partial charge on any atom is -0.545 e. The molecule has 9 heteroatoms. The molecule has 510 valence electrons. The lowest BCUT2D eigenvalue weighted by molar-refractivity contribution is -0.870. The number of carbonyl (C=O) groups is 3. The molecule has 0 aliphatic carbocycles. The molecule has 0 radical (unpaired) electrons. The van der Waals surface area contributed by atoms with Crippen molar-refractivity contribution < 1.29 is 42.9 Å². The average Bonchev–Trinajstić information content (AvgIpc) is 3.56. The van der Waals surface area contributed by atoms with Crippen LogP contribution in [0.1, 0.15) is 373 Å². The number of carbonyl (C=O) groups excluding carboxylic acids is 3. The fourth-order valence-corrected chi connectivity index (χ4v) is 11.4. The maximum Gasteiger partial charge on any atom is 0.306 e. The molecule has 9 nitrogen and oxygen atoms in total. The molecule has 0 aromatic heterocycles. The number of esters is 2. The normalized spacial score (nSPS) is 12.9. The van der Waals surface area contributed by atoms with E-state index >= 15 is 0 Å². The number of allylic oxidation sites excluding steroid dienone is 8.